The molecular weight excluding hydrogens is 78.0 g/mol. The van der Waals surface area contributed by atoms with E-state index in [1.54, 1.807) is 0 Å². The smallest absolute Gasteiger partial charge is 0.0787 e. The maximum Gasteiger partial charge on any atom is 0.0787 e. The van der Waals surface area contributed by atoms with Crippen LogP contribution in [-0.4, -0.2) is 17.3 Å². The zero-order valence-corrected chi connectivity index (χ0v) is 3.57. The van der Waals surface area contributed by atoms with Crippen LogP contribution < -0.4 is 5.73 Å². The monoisotopic (exact) mass is 86.1 g/mol. The summed E-state index contributed by atoms with van der Waals surface area (Å²) in [5.74, 6) is 0. The summed E-state index contributed by atoms with van der Waals surface area (Å²) in [5.41, 5.74) is 6.12. The van der Waals surface area contributed by atoms with Crippen molar-refractivity contribution in [3.63, 3.8) is 0 Å². The van der Waals surface area contributed by atoms with Gasteiger partial charge in [0.05, 0.1) is 5.60 Å². The zero-order chi connectivity index (χ0) is 4.62. The van der Waals surface area contributed by atoms with Crippen molar-refractivity contribution in [3.05, 3.63) is 0 Å². The van der Waals surface area contributed by atoms with Gasteiger partial charge in [-0.2, -0.15) is 0 Å². The van der Waals surface area contributed by atoms with E-state index in [-0.39, 0.29) is 6.54 Å². The van der Waals surface area contributed by atoms with Gasteiger partial charge in [0.15, 0.2) is 0 Å². The number of aliphatic hydroxyl groups is 1. The Morgan fingerprint density at radius 3 is 2.17 bits per heavy atom. The molecule has 1 saturated carbocycles. The molecule has 0 bridgehead atoms. The van der Waals surface area contributed by atoms with Gasteiger partial charge < -0.3 is 5.11 Å². The van der Waals surface area contributed by atoms with Crippen LogP contribution in [0.25, 0.3) is 0 Å². The van der Waals surface area contributed by atoms with Crippen LogP contribution >= 0.6 is 0 Å². The highest BCUT2D eigenvalue weighted by atomic mass is 16.3. The average Bonchev–Trinajstić information content (AvgIpc) is 2.22. The van der Waals surface area contributed by atoms with Gasteiger partial charge >= 0.3 is 0 Å². The van der Waals surface area contributed by atoms with Gasteiger partial charge in [-0.1, -0.05) is 0 Å². The zero-order valence-electron chi connectivity index (χ0n) is 3.57. The van der Waals surface area contributed by atoms with Gasteiger partial charge in [-0.15, -0.1) is 0 Å². The Bertz CT molecular complexity index is 58.6. The summed E-state index contributed by atoms with van der Waals surface area (Å²) >= 11 is 0. The molecule has 1 fully saturated rings. The Hall–Kier alpha value is -0.0800. The molecule has 1 aliphatic carbocycles. The molecule has 1 radical (unpaired) electrons. The summed E-state index contributed by atoms with van der Waals surface area (Å²) < 4.78 is 0. The molecule has 0 spiro atoms. The number of hydrogen-bond acceptors (Lipinski definition) is 1. The predicted molar refractivity (Wildman–Crippen MR) is 22.1 cm³/mol. The molecule has 0 saturated heterocycles. The van der Waals surface area contributed by atoms with E-state index < -0.39 is 5.60 Å². The molecule has 0 atom stereocenters. The third-order valence-corrected chi connectivity index (χ3v) is 1.16. The molecule has 1 aliphatic rings. The van der Waals surface area contributed by atoms with Crippen molar-refractivity contribution in [1.82, 2.24) is 5.73 Å². The third-order valence-electron chi connectivity index (χ3n) is 1.16. The molecule has 2 nitrogen and oxygen atoms in total. The molecule has 0 heterocycles. The van der Waals surface area contributed by atoms with Crippen LogP contribution in [0.3, 0.4) is 0 Å². The fourth-order valence-corrected chi connectivity index (χ4v) is 0.321. The second-order valence-corrected chi connectivity index (χ2v) is 1.90. The van der Waals surface area contributed by atoms with Gasteiger partial charge in [0, 0.05) is 6.54 Å². The highest BCUT2D eigenvalue weighted by molar-refractivity contribution is 4.93. The molecule has 0 aliphatic heterocycles. The first-order chi connectivity index (χ1) is 2.77. The summed E-state index contributed by atoms with van der Waals surface area (Å²) in [5, 5.41) is 8.75. The van der Waals surface area contributed by atoms with E-state index in [0.29, 0.717) is 0 Å². The molecule has 0 aromatic heterocycles. The minimum atomic E-state index is -0.542. The van der Waals surface area contributed by atoms with Crippen LogP contribution in [-0.2, 0) is 0 Å². The van der Waals surface area contributed by atoms with Crippen molar-refractivity contribution >= 4 is 0 Å². The topological polar surface area (TPSA) is 44.0 Å². The Morgan fingerprint density at radius 2 is 2.17 bits per heavy atom. The Kier molecular flexibility index (Phi) is 0.648. The fraction of sp³-hybridized carbons (Fsp3) is 1.00. The van der Waals surface area contributed by atoms with Crippen LogP contribution in [0.15, 0.2) is 0 Å². The second kappa shape index (κ2) is 0.950. The maximum atomic E-state index is 8.75. The van der Waals surface area contributed by atoms with Crippen LogP contribution in [0.1, 0.15) is 12.8 Å². The van der Waals surface area contributed by atoms with Gasteiger partial charge in [-0.3, -0.25) is 5.73 Å². The molecule has 35 valence electrons. The van der Waals surface area contributed by atoms with Gasteiger partial charge in [0.2, 0.25) is 0 Å². The van der Waals surface area contributed by atoms with E-state index in [0.717, 1.165) is 12.8 Å². The normalized spacial score (nSPS) is 27.0. The van der Waals surface area contributed by atoms with E-state index in [9.17, 15) is 0 Å². The molecule has 0 aromatic carbocycles. The quantitative estimate of drug-likeness (QED) is 0.471. The maximum absolute atomic E-state index is 8.75. The lowest BCUT2D eigenvalue weighted by Gasteiger charge is -1.95. The van der Waals surface area contributed by atoms with E-state index in [1.165, 1.54) is 0 Å². The summed E-state index contributed by atoms with van der Waals surface area (Å²) in [4.78, 5) is 0. The Labute approximate surface area is 37.0 Å². The highest BCUT2D eigenvalue weighted by Gasteiger charge is 2.38. The molecule has 1 rings (SSSR count). The molecule has 0 aromatic rings. The predicted octanol–water partition coefficient (Wildman–Crippen LogP) is -0.206. The SMILES string of the molecule is [NH]CC1(O)CC1. The van der Waals surface area contributed by atoms with Gasteiger partial charge in [-0.25, -0.2) is 0 Å². The van der Waals surface area contributed by atoms with Crippen molar-refractivity contribution in [2.24, 2.45) is 0 Å². The summed E-state index contributed by atoms with van der Waals surface area (Å²) in [6.07, 6.45) is 1.69. The standard InChI is InChI=1S/C4H8NO/c5-3-4(6)1-2-4/h5-6H,1-3H2. The first-order valence-electron chi connectivity index (χ1n) is 2.14. The van der Waals surface area contributed by atoms with Crippen molar-refractivity contribution in [2.75, 3.05) is 6.54 Å². The van der Waals surface area contributed by atoms with Gasteiger partial charge in [0.1, 0.15) is 0 Å². The molecular formula is C4H8NO. The minimum absolute atomic E-state index is 0.188. The van der Waals surface area contributed by atoms with E-state index in [4.69, 9.17) is 10.8 Å². The molecule has 6 heavy (non-hydrogen) atoms. The Morgan fingerprint density at radius 1 is 1.67 bits per heavy atom. The van der Waals surface area contributed by atoms with E-state index >= 15 is 0 Å². The second-order valence-electron chi connectivity index (χ2n) is 1.90. The van der Waals surface area contributed by atoms with Crippen LogP contribution in [0.4, 0.5) is 0 Å². The lowest BCUT2D eigenvalue weighted by molar-refractivity contribution is 0.157. The van der Waals surface area contributed by atoms with Gasteiger partial charge in [-0.05, 0) is 12.8 Å². The van der Waals surface area contributed by atoms with Crippen LogP contribution in [0.2, 0.25) is 0 Å². The van der Waals surface area contributed by atoms with Crippen molar-refractivity contribution in [3.8, 4) is 0 Å². The van der Waals surface area contributed by atoms with Crippen LogP contribution in [0.5, 0.6) is 0 Å². The number of nitrogens with one attached hydrogen (secondary N) is 1. The fourth-order valence-electron chi connectivity index (χ4n) is 0.321. The van der Waals surface area contributed by atoms with Gasteiger partial charge in [0.25, 0.3) is 0 Å². The third kappa shape index (κ3) is 0.533. The van der Waals surface area contributed by atoms with Crippen molar-refractivity contribution in [2.45, 2.75) is 18.4 Å². The highest BCUT2D eigenvalue weighted by Crippen LogP contribution is 2.33. The van der Waals surface area contributed by atoms with Crippen LogP contribution in [0, 0.1) is 0 Å². The summed E-state index contributed by atoms with van der Waals surface area (Å²) in [6, 6.07) is 0. The first-order valence-corrected chi connectivity index (χ1v) is 2.14. The molecule has 2 heteroatoms. The summed E-state index contributed by atoms with van der Waals surface area (Å²) in [6.45, 7) is 0.188. The van der Waals surface area contributed by atoms with E-state index in [2.05, 4.69) is 0 Å². The number of rotatable bonds is 1. The first kappa shape index (κ1) is 4.09. The van der Waals surface area contributed by atoms with E-state index in [1.807, 2.05) is 0 Å². The molecule has 2 N–H and O–H groups in total. The lowest BCUT2D eigenvalue weighted by atomic mass is 10.4. The van der Waals surface area contributed by atoms with Crippen molar-refractivity contribution in [1.29, 1.82) is 0 Å². The largest absolute Gasteiger partial charge is 0.389 e. The minimum Gasteiger partial charge on any atom is -0.389 e. The lowest BCUT2D eigenvalue weighted by Crippen LogP contribution is -2.12. The molecule has 0 unspecified atom stereocenters. The number of hydrogen-bond donors (Lipinski definition) is 1. The Balaban J connectivity index is 2.28. The molecule has 0 amide bonds. The average molecular weight is 86.1 g/mol. The van der Waals surface area contributed by atoms with Crippen molar-refractivity contribution < 1.29 is 5.11 Å². The summed E-state index contributed by atoms with van der Waals surface area (Å²) in [7, 11) is 0.